The van der Waals surface area contributed by atoms with Crippen LogP contribution < -0.4 is 9.47 Å². The maximum Gasteiger partial charge on any atom is 0.305 e. The van der Waals surface area contributed by atoms with Crippen molar-refractivity contribution in [1.29, 1.82) is 0 Å². The van der Waals surface area contributed by atoms with Crippen molar-refractivity contribution >= 4 is 33.5 Å². The minimum absolute atomic E-state index is 0.0158. The largest absolute Gasteiger partial charge is 0.489 e. The molecule has 224 valence electrons. The Balaban J connectivity index is 1.87. The smallest absolute Gasteiger partial charge is 0.305 e. The first-order valence-corrected chi connectivity index (χ1v) is 15.4. The Hall–Kier alpha value is -3.28. The van der Waals surface area contributed by atoms with Crippen LogP contribution in [0.15, 0.2) is 42.5 Å². The Morgan fingerprint density at radius 2 is 1.12 bits per heavy atom. The van der Waals surface area contributed by atoms with E-state index in [4.69, 9.17) is 18.9 Å². The number of hydrogen-bond acceptors (Lipinski definition) is 6. The van der Waals surface area contributed by atoms with E-state index in [1.165, 1.54) is 5.56 Å². The molecule has 0 amide bonds. The number of unbranched alkanes of at least 4 members (excludes halogenated alkanes) is 4. The predicted octanol–water partition coefficient (Wildman–Crippen LogP) is 8.69. The monoisotopic (exact) mass is 564 g/mol. The van der Waals surface area contributed by atoms with Crippen LogP contribution in [0.2, 0.25) is 0 Å². The maximum atomic E-state index is 12.1. The molecule has 6 nitrogen and oxygen atoms in total. The van der Waals surface area contributed by atoms with Gasteiger partial charge >= 0.3 is 11.9 Å². The van der Waals surface area contributed by atoms with Gasteiger partial charge in [-0.1, -0.05) is 96.7 Å². The lowest BCUT2D eigenvalue weighted by molar-refractivity contribution is -0.145. The van der Waals surface area contributed by atoms with Crippen molar-refractivity contribution in [3.05, 3.63) is 48.0 Å². The average molecular weight is 565 g/mol. The molecule has 0 aliphatic heterocycles. The predicted molar refractivity (Wildman–Crippen MR) is 166 cm³/mol. The number of rotatable bonds is 18. The van der Waals surface area contributed by atoms with Crippen molar-refractivity contribution in [2.24, 2.45) is 0 Å². The maximum absolute atomic E-state index is 12.1. The number of fused-ring (bicyclic) bond motifs is 2. The summed E-state index contributed by atoms with van der Waals surface area (Å²) in [6.07, 6.45) is 7.75. The zero-order valence-electron chi connectivity index (χ0n) is 25.7. The molecule has 0 atom stereocenters. The van der Waals surface area contributed by atoms with Crippen LogP contribution in [-0.2, 0) is 24.5 Å². The molecule has 0 fully saturated rings. The molecule has 0 saturated carbocycles. The number of hydrogen-bond donors (Lipinski definition) is 0. The topological polar surface area (TPSA) is 71.1 Å². The minimum atomic E-state index is -0.182. The van der Waals surface area contributed by atoms with Crippen molar-refractivity contribution in [2.45, 2.75) is 97.8 Å². The lowest BCUT2D eigenvalue weighted by Gasteiger charge is -2.25. The summed E-state index contributed by atoms with van der Waals surface area (Å²) in [6, 6.07) is 14.5. The van der Waals surface area contributed by atoms with Gasteiger partial charge in [0.25, 0.3) is 0 Å². The molecule has 3 rings (SSSR count). The number of esters is 2. The molecule has 0 N–H and O–H groups in total. The fraction of sp³-hybridized carbons (Fsp3) is 0.543. The van der Waals surface area contributed by atoms with Gasteiger partial charge in [-0.2, -0.15) is 0 Å². The molecule has 0 bridgehead atoms. The number of carbonyl (C=O) groups excluding carboxylic acids is 2. The number of ether oxygens (including phenoxy) is 4. The van der Waals surface area contributed by atoms with Crippen LogP contribution in [0.5, 0.6) is 11.5 Å². The molecule has 0 aliphatic rings. The van der Waals surface area contributed by atoms with Gasteiger partial charge in [-0.3, -0.25) is 9.59 Å². The highest BCUT2D eigenvalue weighted by molar-refractivity contribution is 6.11. The van der Waals surface area contributed by atoms with Gasteiger partial charge in [0.1, 0.15) is 37.9 Å². The fourth-order valence-corrected chi connectivity index (χ4v) is 4.82. The van der Waals surface area contributed by atoms with E-state index in [9.17, 15) is 9.59 Å². The van der Waals surface area contributed by atoms with Crippen LogP contribution in [0, 0.1) is 0 Å². The molecule has 3 aromatic carbocycles. The zero-order chi connectivity index (χ0) is 29.7. The Morgan fingerprint density at radius 3 is 1.61 bits per heavy atom. The zero-order valence-corrected chi connectivity index (χ0v) is 25.7. The summed E-state index contributed by atoms with van der Waals surface area (Å²) < 4.78 is 23.5. The van der Waals surface area contributed by atoms with E-state index in [1.54, 1.807) is 0 Å². The molecule has 6 heteroatoms. The molecule has 0 aromatic heterocycles. The standard InChI is InChI=1S/C35H48O6/c1-6-9-11-17-31(36)38-21-23-40-33-27-15-13-14-16-28(27)34(41-24-22-39-32(37)18-12-10-7-2)30-25-26(19-20-29(30)33)35(4,5)8-3/h13-16,19-20,25H,6-12,17-18,21-24H2,1-5H3. The molecule has 41 heavy (non-hydrogen) atoms. The lowest BCUT2D eigenvalue weighted by atomic mass is 9.81. The van der Waals surface area contributed by atoms with Gasteiger partial charge in [0.15, 0.2) is 0 Å². The Morgan fingerprint density at radius 1 is 0.634 bits per heavy atom. The summed E-state index contributed by atoms with van der Waals surface area (Å²) >= 11 is 0. The van der Waals surface area contributed by atoms with Gasteiger partial charge in [0.2, 0.25) is 0 Å². The summed E-state index contributed by atoms with van der Waals surface area (Å²) in [5, 5.41) is 3.72. The van der Waals surface area contributed by atoms with Crippen LogP contribution in [0.4, 0.5) is 0 Å². The minimum Gasteiger partial charge on any atom is -0.489 e. The Kier molecular flexibility index (Phi) is 12.8. The van der Waals surface area contributed by atoms with E-state index in [-0.39, 0.29) is 43.8 Å². The molecular formula is C35H48O6. The second-order valence-electron chi connectivity index (χ2n) is 11.3. The molecule has 0 unspecified atom stereocenters. The van der Waals surface area contributed by atoms with Gasteiger partial charge in [-0.05, 0) is 36.3 Å². The van der Waals surface area contributed by atoms with E-state index in [0.717, 1.165) is 78.0 Å². The van der Waals surface area contributed by atoms with Crippen molar-refractivity contribution in [3.8, 4) is 11.5 Å². The van der Waals surface area contributed by atoms with Gasteiger partial charge < -0.3 is 18.9 Å². The normalized spacial score (nSPS) is 11.5. The quantitative estimate of drug-likeness (QED) is 0.0874. The molecule has 0 spiro atoms. The van der Waals surface area contributed by atoms with E-state index in [2.05, 4.69) is 52.8 Å². The van der Waals surface area contributed by atoms with Crippen LogP contribution in [0.1, 0.15) is 98.0 Å². The first-order chi connectivity index (χ1) is 19.8. The van der Waals surface area contributed by atoms with Crippen molar-refractivity contribution in [1.82, 2.24) is 0 Å². The van der Waals surface area contributed by atoms with Crippen molar-refractivity contribution in [2.75, 3.05) is 26.4 Å². The second-order valence-corrected chi connectivity index (χ2v) is 11.3. The molecule has 0 heterocycles. The third kappa shape index (κ3) is 9.11. The highest BCUT2D eigenvalue weighted by Gasteiger charge is 2.22. The summed E-state index contributed by atoms with van der Waals surface area (Å²) in [6.45, 7) is 11.8. The van der Waals surface area contributed by atoms with E-state index >= 15 is 0 Å². The summed E-state index contributed by atoms with van der Waals surface area (Å²) in [4.78, 5) is 24.2. The summed E-state index contributed by atoms with van der Waals surface area (Å²) in [5.74, 6) is 1.13. The summed E-state index contributed by atoms with van der Waals surface area (Å²) in [5.41, 5.74) is 1.19. The van der Waals surface area contributed by atoms with Crippen LogP contribution in [0.25, 0.3) is 21.5 Å². The molecule has 0 aliphatic carbocycles. The van der Waals surface area contributed by atoms with Crippen molar-refractivity contribution < 1.29 is 28.5 Å². The lowest BCUT2D eigenvalue weighted by Crippen LogP contribution is -2.16. The molecule has 0 radical (unpaired) electrons. The highest BCUT2D eigenvalue weighted by atomic mass is 16.6. The average Bonchev–Trinajstić information content (AvgIpc) is 2.97. The molecule has 3 aromatic rings. The van der Waals surface area contributed by atoms with Crippen LogP contribution in [0.3, 0.4) is 0 Å². The van der Waals surface area contributed by atoms with E-state index < -0.39 is 0 Å². The SMILES string of the molecule is CCCCCC(=O)OCCOc1c2ccccc2c(OCCOC(=O)CCCCC)c2cc(C(C)(C)CC)ccc12. The number of benzene rings is 3. The fourth-order valence-electron chi connectivity index (χ4n) is 4.82. The van der Waals surface area contributed by atoms with Gasteiger partial charge in [-0.15, -0.1) is 0 Å². The van der Waals surface area contributed by atoms with Crippen LogP contribution in [-0.4, -0.2) is 38.4 Å². The van der Waals surface area contributed by atoms with E-state index in [1.807, 2.05) is 24.3 Å². The third-order valence-electron chi connectivity index (χ3n) is 7.74. The Bertz CT molecular complexity index is 1280. The van der Waals surface area contributed by atoms with Gasteiger partial charge in [-0.25, -0.2) is 0 Å². The van der Waals surface area contributed by atoms with Gasteiger partial charge in [0, 0.05) is 34.4 Å². The second kappa shape index (κ2) is 16.2. The Labute approximate surface area is 245 Å². The van der Waals surface area contributed by atoms with Crippen LogP contribution >= 0.6 is 0 Å². The van der Waals surface area contributed by atoms with E-state index in [0.29, 0.717) is 12.8 Å². The molecular weight excluding hydrogens is 516 g/mol. The first-order valence-electron chi connectivity index (χ1n) is 15.4. The van der Waals surface area contributed by atoms with Crippen molar-refractivity contribution in [3.63, 3.8) is 0 Å². The first kappa shape index (κ1) is 32.2. The molecule has 0 saturated heterocycles. The summed E-state index contributed by atoms with van der Waals surface area (Å²) in [7, 11) is 0. The number of carbonyl (C=O) groups is 2. The highest BCUT2D eigenvalue weighted by Crippen LogP contribution is 2.44. The third-order valence-corrected chi connectivity index (χ3v) is 7.74. The van der Waals surface area contributed by atoms with Gasteiger partial charge in [0.05, 0.1) is 0 Å².